The van der Waals surface area contributed by atoms with E-state index in [0.717, 1.165) is 19.5 Å². The number of carbonyl (C=O) groups excluding carboxylic acids is 1. The molecule has 1 saturated heterocycles. The Hall–Kier alpha value is -1.01. The minimum absolute atomic E-state index is 0.318. The monoisotopic (exact) mass is 197 g/mol. The Bertz CT molecular complexity index is 194. The van der Waals surface area contributed by atoms with Gasteiger partial charge in [0.1, 0.15) is 5.60 Å². The van der Waals surface area contributed by atoms with Crippen LogP contribution in [-0.2, 0) is 9.53 Å². The standard InChI is InChI=1S/C6H9N.C5H10O2/c1-2-6-3-4-7-5-6;1-5(2,3)7-4-6/h1,6-7H,3-5H2;4H,1-3H3. The zero-order chi connectivity index (χ0) is 11.0. The number of hydrogen-bond donors (Lipinski definition) is 1. The molecule has 0 aromatic heterocycles. The largest absolute Gasteiger partial charge is 0.462 e. The van der Waals surface area contributed by atoms with Crippen LogP contribution in [0.5, 0.6) is 0 Å². The number of nitrogens with one attached hydrogen (secondary N) is 1. The van der Waals surface area contributed by atoms with Crippen LogP contribution in [0.4, 0.5) is 0 Å². The van der Waals surface area contributed by atoms with Crippen LogP contribution in [0.25, 0.3) is 0 Å². The summed E-state index contributed by atoms with van der Waals surface area (Å²) in [4.78, 5) is 9.60. The number of rotatable bonds is 1. The lowest BCUT2D eigenvalue weighted by Gasteiger charge is -2.14. The van der Waals surface area contributed by atoms with Crippen molar-refractivity contribution in [3.05, 3.63) is 0 Å². The first-order valence-corrected chi connectivity index (χ1v) is 4.78. The Kier molecular flexibility index (Phi) is 5.98. The van der Waals surface area contributed by atoms with Crippen molar-refractivity contribution in [2.24, 2.45) is 5.92 Å². The molecule has 3 nitrogen and oxygen atoms in total. The van der Waals surface area contributed by atoms with E-state index in [1.807, 2.05) is 20.8 Å². The first-order valence-electron chi connectivity index (χ1n) is 4.78. The predicted molar refractivity (Wildman–Crippen MR) is 56.7 cm³/mol. The van der Waals surface area contributed by atoms with Crippen molar-refractivity contribution in [3.8, 4) is 12.3 Å². The molecule has 1 fully saturated rings. The number of terminal acetylenes is 1. The summed E-state index contributed by atoms with van der Waals surface area (Å²) in [6.07, 6.45) is 6.31. The highest BCUT2D eigenvalue weighted by atomic mass is 16.5. The maximum atomic E-state index is 9.60. The fourth-order valence-electron chi connectivity index (χ4n) is 0.941. The summed E-state index contributed by atoms with van der Waals surface area (Å²) < 4.78 is 4.55. The van der Waals surface area contributed by atoms with Gasteiger partial charge in [0.2, 0.25) is 0 Å². The van der Waals surface area contributed by atoms with Crippen LogP contribution in [0.3, 0.4) is 0 Å². The van der Waals surface area contributed by atoms with Gasteiger partial charge in [0.25, 0.3) is 6.47 Å². The molecule has 1 aliphatic heterocycles. The van der Waals surface area contributed by atoms with E-state index in [-0.39, 0.29) is 5.60 Å². The topological polar surface area (TPSA) is 38.3 Å². The SMILES string of the molecule is C#CC1CCNC1.CC(C)(C)OC=O. The minimum atomic E-state index is -0.318. The highest BCUT2D eigenvalue weighted by Gasteiger charge is 2.09. The Morgan fingerprint density at radius 3 is 2.36 bits per heavy atom. The molecule has 0 bridgehead atoms. The summed E-state index contributed by atoms with van der Waals surface area (Å²) >= 11 is 0. The van der Waals surface area contributed by atoms with E-state index >= 15 is 0 Å². The van der Waals surface area contributed by atoms with Gasteiger partial charge < -0.3 is 10.1 Å². The molecule has 1 unspecified atom stereocenters. The average Bonchev–Trinajstić information content (AvgIpc) is 2.54. The van der Waals surface area contributed by atoms with Crippen LogP contribution < -0.4 is 5.32 Å². The molecule has 1 N–H and O–H groups in total. The molecule has 0 radical (unpaired) electrons. The maximum Gasteiger partial charge on any atom is 0.293 e. The van der Waals surface area contributed by atoms with Crippen molar-refractivity contribution >= 4 is 6.47 Å². The first kappa shape index (κ1) is 13.0. The molecule has 0 aromatic carbocycles. The molecule has 0 amide bonds. The Balaban J connectivity index is 0.000000241. The van der Waals surface area contributed by atoms with Crippen molar-refractivity contribution in [3.63, 3.8) is 0 Å². The third-order valence-corrected chi connectivity index (χ3v) is 1.70. The Labute approximate surface area is 86.2 Å². The van der Waals surface area contributed by atoms with Crippen molar-refractivity contribution in [1.82, 2.24) is 5.32 Å². The van der Waals surface area contributed by atoms with Gasteiger partial charge >= 0.3 is 0 Å². The van der Waals surface area contributed by atoms with Crippen LogP contribution in [0.15, 0.2) is 0 Å². The summed E-state index contributed by atoms with van der Waals surface area (Å²) in [6, 6.07) is 0. The molecule has 3 heteroatoms. The zero-order valence-corrected chi connectivity index (χ0v) is 9.17. The summed E-state index contributed by atoms with van der Waals surface area (Å²) in [5.41, 5.74) is -0.318. The lowest BCUT2D eigenvalue weighted by atomic mass is 10.1. The molecule has 0 aliphatic carbocycles. The molecule has 14 heavy (non-hydrogen) atoms. The van der Waals surface area contributed by atoms with E-state index in [0.29, 0.717) is 12.4 Å². The van der Waals surface area contributed by atoms with E-state index in [9.17, 15) is 4.79 Å². The van der Waals surface area contributed by atoms with Crippen LogP contribution in [0.2, 0.25) is 0 Å². The van der Waals surface area contributed by atoms with E-state index in [2.05, 4.69) is 16.0 Å². The summed E-state index contributed by atoms with van der Waals surface area (Å²) in [5.74, 6) is 3.22. The molecular formula is C11H19NO2. The van der Waals surface area contributed by atoms with Crippen molar-refractivity contribution in [1.29, 1.82) is 0 Å². The van der Waals surface area contributed by atoms with Gasteiger partial charge in [-0.3, -0.25) is 4.79 Å². The molecular weight excluding hydrogens is 178 g/mol. The second kappa shape index (κ2) is 6.44. The predicted octanol–water partition coefficient (Wildman–Crippen LogP) is 1.19. The Morgan fingerprint density at radius 1 is 1.57 bits per heavy atom. The lowest BCUT2D eigenvalue weighted by molar-refractivity contribution is -0.138. The number of carbonyl (C=O) groups is 1. The summed E-state index contributed by atoms with van der Waals surface area (Å²) in [7, 11) is 0. The van der Waals surface area contributed by atoms with E-state index in [4.69, 9.17) is 6.42 Å². The van der Waals surface area contributed by atoms with Gasteiger partial charge in [0.15, 0.2) is 0 Å². The molecule has 1 rings (SSSR count). The smallest absolute Gasteiger partial charge is 0.293 e. The molecule has 0 aromatic rings. The normalized spacial score (nSPS) is 20.3. The summed E-state index contributed by atoms with van der Waals surface area (Å²) in [5, 5.41) is 3.18. The highest BCUT2D eigenvalue weighted by molar-refractivity contribution is 5.37. The van der Waals surface area contributed by atoms with Crippen LogP contribution >= 0.6 is 0 Å². The van der Waals surface area contributed by atoms with Crippen LogP contribution in [-0.4, -0.2) is 25.2 Å². The lowest BCUT2D eigenvalue weighted by Crippen LogP contribution is -2.17. The fraction of sp³-hybridized carbons (Fsp3) is 0.727. The molecule has 0 spiro atoms. The zero-order valence-electron chi connectivity index (χ0n) is 9.17. The van der Waals surface area contributed by atoms with Gasteiger partial charge in [0.05, 0.1) is 0 Å². The first-order chi connectivity index (χ1) is 6.49. The maximum absolute atomic E-state index is 9.60. The van der Waals surface area contributed by atoms with Gasteiger partial charge in [-0.15, -0.1) is 12.3 Å². The van der Waals surface area contributed by atoms with Gasteiger partial charge in [0, 0.05) is 12.5 Å². The highest BCUT2D eigenvalue weighted by Crippen LogP contribution is 2.03. The summed E-state index contributed by atoms with van der Waals surface area (Å²) in [6.45, 7) is 8.05. The van der Waals surface area contributed by atoms with Gasteiger partial charge in [-0.05, 0) is 33.7 Å². The van der Waals surface area contributed by atoms with Gasteiger partial charge in [-0.25, -0.2) is 0 Å². The van der Waals surface area contributed by atoms with Crippen molar-refractivity contribution < 1.29 is 9.53 Å². The minimum Gasteiger partial charge on any atom is -0.462 e. The Morgan fingerprint density at radius 2 is 2.21 bits per heavy atom. The third-order valence-electron chi connectivity index (χ3n) is 1.70. The molecule has 80 valence electrons. The van der Waals surface area contributed by atoms with Gasteiger partial charge in [-0.2, -0.15) is 0 Å². The quantitative estimate of drug-likeness (QED) is 0.507. The number of ether oxygens (including phenoxy) is 1. The molecule has 1 aliphatic rings. The van der Waals surface area contributed by atoms with Crippen LogP contribution in [0, 0.1) is 18.3 Å². The molecule has 1 heterocycles. The van der Waals surface area contributed by atoms with Crippen molar-refractivity contribution in [2.45, 2.75) is 32.8 Å². The second-order valence-electron chi connectivity index (χ2n) is 4.18. The van der Waals surface area contributed by atoms with Crippen molar-refractivity contribution in [2.75, 3.05) is 13.1 Å². The third kappa shape index (κ3) is 7.63. The van der Waals surface area contributed by atoms with Gasteiger partial charge in [-0.1, -0.05) is 0 Å². The number of hydrogen-bond acceptors (Lipinski definition) is 3. The van der Waals surface area contributed by atoms with E-state index in [1.54, 1.807) is 0 Å². The molecule has 0 saturated carbocycles. The second-order valence-corrected chi connectivity index (χ2v) is 4.18. The van der Waals surface area contributed by atoms with Crippen LogP contribution in [0.1, 0.15) is 27.2 Å². The average molecular weight is 197 g/mol. The fourth-order valence-corrected chi connectivity index (χ4v) is 0.941. The van der Waals surface area contributed by atoms with E-state index in [1.165, 1.54) is 0 Å². The molecule has 1 atom stereocenters. The van der Waals surface area contributed by atoms with E-state index < -0.39 is 0 Å².